The van der Waals surface area contributed by atoms with Crippen LogP contribution in [0, 0.1) is 12.3 Å². The lowest BCUT2D eigenvalue weighted by molar-refractivity contribution is -0.144. The van der Waals surface area contributed by atoms with Crippen LogP contribution >= 0.6 is 11.3 Å². The van der Waals surface area contributed by atoms with Crippen molar-refractivity contribution in [1.29, 1.82) is 0 Å². The third-order valence-corrected chi connectivity index (χ3v) is 7.22. The van der Waals surface area contributed by atoms with Gasteiger partial charge in [-0.25, -0.2) is 4.98 Å². The molecule has 2 heterocycles. The third kappa shape index (κ3) is 6.25. The standard InChI is InChI=1S/C25H35N5O4S/c1-14(16-6-8-17(9-7-16)21-15(2)27-13-35-21)28-23(33)19-10-18(31)12-30(19)24(34)22(25(3,4)5)29-20(32)11-26/h6-9,13-14,18-19,22,31H,10-12,26H2,1-5H3,(H,28,33)(H,29,32). The third-order valence-electron chi connectivity index (χ3n) is 6.25. The van der Waals surface area contributed by atoms with E-state index in [9.17, 15) is 19.5 Å². The zero-order chi connectivity index (χ0) is 25.9. The van der Waals surface area contributed by atoms with Crippen LogP contribution in [0.15, 0.2) is 29.8 Å². The lowest BCUT2D eigenvalue weighted by atomic mass is 9.85. The summed E-state index contributed by atoms with van der Waals surface area (Å²) in [6, 6.07) is 5.92. The number of β-amino-alcohol motifs (C(OH)–C–C–N with tert-alkyl or cyclic N) is 1. The van der Waals surface area contributed by atoms with Crippen LogP contribution in [0.1, 0.15) is 51.4 Å². The zero-order valence-electron chi connectivity index (χ0n) is 20.9. The number of nitrogens with two attached hydrogens (primary N) is 1. The molecule has 1 aliphatic heterocycles. The van der Waals surface area contributed by atoms with Gasteiger partial charge in [0.1, 0.15) is 12.1 Å². The van der Waals surface area contributed by atoms with Gasteiger partial charge >= 0.3 is 0 Å². The summed E-state index contributed by atoms with van der Waals surface area (Å²) >= 11 is 1.58. The van der Waals surface area contributed by atoms with Crippen molar-refractivity contribution in [3.63, 3.8) is 0 Å². The summed E-state index contributed by atoms with van der Waals surface area (Å²) in [5.74, 6) is -1.21. The fourth-order valence-corrected chi connectivity index (χ4v) is 5.05. The molecule has 3 rings (SSSR count). The molecule has 2 aromatic rings. The number of likely N-dealkylation sites (tertiary alicyclic amines) is 1. The minimum Gasteiger partial charge on any atom is -0.391 e. The van der Waals surface area contributed by atoms with Gasteiger partial charge in [0.05, 0.1) is 34.8 Å². The highest BCUT2D eigenvalue weighted by Crippen LogP contribution is 2.29. The van der Waals surface area contributed by atoms with Gasteiger partial charge in [-0.05, 0) is 30.4 Å². The molecule has 0 aliphatic carbocycles. The summed E-state index contributed by atoms with van der Waals surface area (Å²) < 4.78 is 0. The van der Waals surface area contributed by atoms with E-state index in [4.69, 9.17) is 5.73 Å². The van der Waals surface area contributed by atoms with Gasteiger partial charge in [0.15, 0.2) is 0 Å². The Morgan fingerprint density at radius 3 is 2.43 bits per heavy atom. The van der Waals surface area contributed by atoms with Crippen LogP contribution in [0.5, 0.6) is 0 Å². The van der Waals surface area contributed by atoms with Gasteiger partial charge in [-0.2, -0.15) is 0 Å². The van der Waals surface area contributed by atoms with Crippen LogP contribution in [0.25, 0.3) is 10.4 Å². The molecule has 1 saturated heterocycles. The summed E-state index contributed by atoms with van der Waals surface area (Å²) in [5.41, 5.74) is 9.59. The maximum Gasteiger partial charge on any atom is 0.246 e. The number of hydrogen-bond donors (Lipinski definition) is 4. The molecule has 1 fully saturated rings. The number of nitrogens with zero attached hydrogens (tertiary/aromatic N) is 2. The highest BCUT2D eigenvalue weighted by Gasteiger charge is 2.44. The first-order valence-corrected chi connectivity index (χ1v) is 12.6. The molecule has 190 valence electrons. The average Bonchev–Trinajstić information content (AvgIpc) is 3.41. The largest absolute Gasteiger partial charge is 0.391 e. The predicted octanol–water partition coefficient (Wildman–Crippen LogP) is 1.75. The summed E-state index contributed by atoms with van der Waals surface area (Å²) in [6.07, 6.45) is -0.687. The van der Waals surface area contributed by atoms with Crippen LogP contribution in [0.3, 0.4) is 0 Å². The van der Waals surface area contributed by atoms with Gasteiger partial charge in [0.2, 0.25) is 17.7 Å². The van der Waals surface area contributed by atoms with Gasteiger partial charge in [-0.15, -0.1) is 11.3 Å². The van der Waals surface area contributed by atoms with Gasteiger partial charge in [-0.1, -0.05) is 45.0 Å². The number of aliphatic hydroxyl groups is 1. The second-order valence-corrected chi connectivity index (χ2v) is 10.9. The summed E-state index contributed by atoms with van der Waals surface area (Å²) in [7, 11) is 0. The van der Waals surface area contributed by atoms with E-state index in [0.717, 1.165) is 21.7 Å². The predicted molar refractivity (Wildman–Crippen MR) is 135 cm³/mol. The van der Waals surface area contributed by atoms with Gasteiger partial charge in [-0.3, -0.25) is 14.4 Å². The fraction of sp³-hybridized carbons (Fsp3) is 0.520. The molecule has 5 N–H and O–H groups in total. The Labute approximate surface area is 210 Å². The number of nitrogens with one attached hydrogen (secondary N) is 2. The van der Waals surface area contributed by atoms with E-state index < -0.39 is 35.4 Å². The van der Waals surface area contributed by atoms with Gasteiger partial charge in [0, 0.05) is 13.0 Å². The number of carbonyl (C=O) groups is 3. The fourth-order valence-electron chi connectivity index (χ4n) is 4.24. The number of aryl methyl sites for hydroxylation is 1. The Hall–Kier alpha value is -2.82. The minimum atomic E-state index is -0.876. The quantitative estimate of drug-likeness (QED) is 0.456. The van der Waals surface area contributed by atoms with Crippen molar-refractivity contribution in [1.82, 2.24) is 20.5 Å². The molecule has 0 bridgehead atoms. The van der Waals surface area contributed by atoms with E-state index in [-0.39, 0.29) is 31.5 Å². The molecule has 10 heteroatoms. The van der Waals surface area contributed by atoms with Crippen molar-refractivity contribution in [2.24, 2.45) is 11.1 Å². The van der Waals surface area contributed by atoms with Crippen molar-refractivity contribution in [3.05, 3.63) is 41.0 Å². The zero-order valence-corrected chi connectivity index (χ0v) is 21.7. The SMILES string of the molecule is Cc1ncsc1-c1ccc(C(C)NC(=O)C2CC(O)CN2C(=O)C(NC(=O)CN)C(C)(C)C)cc1. The van der Waals surface area contributed by atoms with Crippen LogP contribution in [0.2, 0.25) is 0 Å². The number of aromatic nitrogens is 1. The molecule has 0 spiro atoms. The normalized spacial score (nSPS) is 19.8. The van der Waals surface area contributed by atoms with Crippen molar-refractivity contribution in [2.75, 3.05) is 13.1 Å². The summed E-state index contributed by atoms with van der Waals surface area (Å²) in [4.78, 5) is 45.3. The Kier molecular flexibility index (Phi) is 8.30. The van der Waals surface area contributed by atoms with Gasteiger partial charge in [0.25, 0.3) is 0 Å². The molecule has 3 amide bonds. The maximum atomic E-state index is 13.4. The van der Waals surface area contributed by atoms with E-state index in [0.29, 0.717) is 0 Å². The van der Waals surface area contributed by atoms with Crippen molar-refractivity contribution < 1.29 is 19.5 Å². The lowest BCUT2D eigenvalue weighted by Crippen LogP contribution is -2.58. The van der Waals surface area contributed by atoms with Crippen LogP contribution in [-0.4, -0.2) is 64.0 Å². The molecule has 4 unspecified atom stereocenters. The number of thiazole rings is 1. The first kappa shape index (κ1) is 26.8. The number of amides is 3. The molecule has 9 nitrogen and oxygen atoms in total. The molecular formula is C25H35N5O4S. The highest BCUT2D eigenvalue weighted by atomic mass is 32.1. The van der Waals surface area contributed by atoms with E-state index in [1.807, 2.05) is 64.4 Å². The van der Waals surface area contributed by atoms with Crippen molar-refractivity contribution in [3.8, 4) is 10.4 Å². The minimum absolute atomic E-state index is 0.0271. The molecule has 0 radical (unpaired) electrons. The second kappa shape index (κ2) is 10.8. The Morgan fingerprint density at radius 2 is 1.89 bits per heavy atom. The molecule has 1 aromatic heterocycles. The summed E-state index contributed by atoms with van der Waals surface area (Å²) in [5, 5.41) is 15.9. The van der Waals surface area contributed by atoms with E-state index in [1.165, 1.54) is 4.90 Å². The first-order chi connectivity index (χ1) is 16.4. The number of hydrogen-bond acceptors (Lipinski definition) is 7. The second-order valence-electron chi connectivity index (χ2n) is 10.1. The van der Waals surface area contributed by atoms with Crippen LogP contribution in [0.4, 0.5) is 0 Å². The molecule has 1 aliphatic rings. The van der Waals surface area contributed by atoms with Crippen LogP contribution in [-0.2, 0) is 14.4 Å². The number of rotatable bonds is 7. The molecule has 35 heavy (non-hydrogen) atoms. The maximum absolute atomic E-state index is 13.4. The molecular weight excluding hydrogens is 466 g/mol. The van der Waals surface area contributed by atoms with Crippen molar-refractivity contribution >= 4 is 29.1 Å². The molecule has 0 saturated carbocycles. The summed E-state index contributed by atoms with van der Waals surface area (Å²) in [6.45, 7) is 9.11. The van der Waals surface area contributed by atoms with E-state index in [2.05, 4.69) is 15.6 Å². The van der Waals surface area contributed by atoms with Gasteiger partial charge < -0.3 is 26.4 Å². The van der Waals surface area contributed by atoms with E-state index >= 15 is 0 Å². The first-order valence-electron chi connectivity index (χ1n) is 11.7. The Balaban J connectivity index is 1.73. The number of carbonyl (C=O) groups excluding carboxylic acids is 3. The highest BCUT2D eigenvalue weighted by molar-refractivity contribution is 7.13. The Morgan fingerprint density at radius 1 is 1.23 bits per heavy atom. The van der Waals surface area contributed by atoms with Crippen LogP contribution < -0.4 is 16.4 Å². The van der Waals surface area contributed by atoms with Crippen molar-refractivity contribution in [2.45, 2.75) is 65.3 Å². The van der Waals surface area contributed by atoms with E-state index in [1.54, 1.807) is 11.3 Å². The monoisotopic (exact) mass is 501 g/mol. The Bertz CT molecular complexity index is 1060. The topological polar surface area (TPSA) is 138 Å². The number of benzene rings is 1. The smallest absolute Gasteiger partial charge is 0.246 e. The average molecular weight is 502 g/mol. The lowest BCUT2D eigenvalue weighted by Gasteiger charge is -2.35. The molecule has 1 aromatic carbocycles. The number of aliphatic hydroxyl groups excluding tert-OH is 1. The molecule has 4 atom stereocenters.